The van der Waals surface area contributed by atoms with Crippen molar-refractivity contribution in [3.8, 4) is 0 Å². The lowest BCUT2D eigenvalue weighted by Gasteiger charge is -2.45. The number of hydrogen-bond acceptors (Lipinski definition) is 5. The molecule has 0 N–H and O–H groups in total. The SMILES string of the molecule is CCN1CCN(C(=O)CN2C(C)CN(CC(F)(F)COC)CC2C)CC1. The minimum atomic E-state index is -2.84. The molecule has 2 unspecified atom stereocenters. The van der Waals surface area contributed by atoms with Gasteiger partial charge in [-0.3, -0.25) is 14.6 Å². The van der Waals surface area contributed by atoms with Gasteiger partial charge < -0.3 is 14.5 Å². The first-order valence-corrected chi connectivity index (χ1v) is 9.60. The average molecular weight is 376 g/mol. The third-order valence-electron chi connectivity index (χ3n) is 5.48. The highest BCUT2D eigenvalue weighted by Gasteiger charge is 2.37. The maximum atomic E-state index is 13.8. The van der Waals surface area contributed by atoms with Crippen LogP contribution in [0.25, 0.3) is 0 Å². The van der Waals surface area contributed by atoms with Crippen LogP contribution < -0.4 is 0 Å². The Morgan fingerprint density at radius 3 is 2.15 bits per heavy atom. The Labute approximate surface area is 156 Å². The molecule has 0 aromatic heterocycles. The monoisotopic (exact) mass is 376 g/mol. The van der Waals surface area contributed by atoms with E-state index in [9.17, 15) is 13.6 Å². The second-order valence-corrected chi connectivity index (χ2v) is 7.67. The molecule has 152 valence electrons. The summed E-state index contributed by atoms with van der Waals surface area (Å²) in [6, 6.07) is 0.135. The summed E-state index contributed by atoms with van der Waals surface area (Å²) in [5, 5.41) is 0. The fourth-order valence-corrected chi connectivity index (χ4v) is 4.06. The predicted molar refractivity (Wildman–Crippen MR) is 97.6 cm³/mol. The predicted octanol–water partition coefficient (Wildman–Crippen LogP) is 0.827. The summed E-state index contributed by atoms with van der Waals surface area (Å²) in [5.41, 5.74) is 0. The van der Waals surface area contributed by atoms with Crippen molar-refractivity contribution in [2.24, 2.45) is 0 Å². The molecule has 0 aliphatic carbocycles. The van der Waals surface area contributed by atoms with Crippen molar-refractivity contribution in [2.45, 2.75) is 38.8 Å². The summed E-state index contributed by atoms with van der Waals surface area (Å²) in [7, 11) is 1.29. The number of halogens is 2. The van der Waals surface area contributed by atoms with Crippen molar-refractivity contribution in [1.82, 2.24) is 19.6 Å². The Bertz CT molecular complexity index is 446. The van der Waals surface area contributed by atoms with Crippen LogP contribution in [-0.2, 0) is 9.53 Å². The topological polar surface area (TPSA) is 39.3 Å². The summed E-state index contributed by atoms with van der Waals surface area (Å²) >= 11 is 0. The van der Waals surface area contributed by atoms with E-state index in [1.807, 2.05) is 18.7 Å². The van der Waals surface area contributed by atoms with E-state index in [2.05, 4.69) is 21.5 Å². The van der Waals surface area contributed by atoms with Gasteiger partial charge in [-0.25, -0.2) is 8.78 Å². The van der Waals surface area contributed by atoms with E-state index in [1.54, 1.807) is 4.90 Å². The first kappa shape index (κ1) is 21.5. The Hall–Kier alpha value is -0.830. The lowest BCUT2D eigenvalue weighted by molar-refractivity contribution is -0.137. The van der Waals surface area contributed by atoms with Crippen LogP contribution in [0.4, 0.5) is 8.78 Å². The maximum absolute atomic E-state index is 13.8. The van der Waals surface area contributed by atoms with Crippen molar-refractivity contribution < 1.29 is 18.3 Å². The molecule has 0 saturated carbocycles. The Kier molecular flexibility index (Phi) is 7.76. The molecule has 2 aliphatic heterocycles. The summed E-state index contributed by atoms with van der Waals surface area (Å²) in [5.74, 6) is -2.69. The third-order valence-corrected chi connectivity index (χ3v) is 5.48. The van der Waals surface area contributed by atoms with E-state index < -0.39 is 12.5 Å². The molecule has 0 aromatic carbocycles. The van der Waals surface area contributed by atoms with Crippen LogP contribution in [0.1, 0.15) is 20.8 Å². The van der Waals surface area contributed by atoms with Gasteiger partial charge in [-0.1, -0.05) is 6.92 Å². The van der Waals surface area contributed by atoms with Gasteiger partial charge in [-0.05, 0) is 20.4 Å². The molecule has 26 heavy (non-hydrogen) atoms. The van der Waals surface area contributed by atoms with Gasteiger partial charge in [-0.2, -0.15) is 0 Å². The summed E-state index contributed by atoms with van der Waals surface area (Å²) in [4.78, 5) is 20.9. The van der Waals surface area contributed by atoms with Gasteiger partial charge in [-0.15, -0.1) is 0 Å². The zero-order valence-electron chi connectivity index (χ0n) is 16.6. The van der Waals surface area contributed by atoms with Crippen LogP contribution in [0.15, 0.2) is 0 Å². The number of hydrogen-bond donors (Lipinski definition) is 0. The number of alkyl halides is 2. The quantitative estimate of drug-likeness (QED) is 0.658. The number of carbonyl (C=O) groups excluding carboxylic acids is 1. The largest absolute Gasteiger partial charge is 0.378 e. The molecule has 0 aromatic rings. The maximum Gasteiger partial charge on any atom is 0.283 e. The second kappa shape index (κ2) is 9.39. The third kappa shape index (κ3) is 5.84. The second-order valence-electron chi connectivity index (χ2n) is 7.67. The normalized spacial score (nSPS) is 27.1. The highest BCUT2D eigenvalue weighted by atomic mass is 19.3. The van der Waals surface area contributed by atoms with Gasteiger partial charge >= 0.3 is 0 Å². The van der Waals surface area contributed by atoms with Gasteiger partial charge in [0, 0.05) is 58.5 Å². The zero-order valence-corrected chi connectivity index (χ0v) is 16.6. The smallest absolute Gasteiger partial charge is 0.283 e. The van der Waals surface area contributed by atoms with Gasteiger partial charge in [0.2, 0.25) is 5.91 Å². The van der Waals surface area contributed by atoms with Gasteiger partial charge in [0.1, 0.15) is 6.61 Å². The average Bonchev–Trinajstić information content (AvgIpc) is 2.57. The first-order chi connectivity index (χ1) is 12.3. The number of ether oxygens (including phenoxy) is 1. The number of nitrogens with zero attached hydrogens (tertiary/aromatic N) is 4. The van der Waals surface area contributed by atoms with Gasteiger partial charge in [0.25, 0.3) is 5.92 Å². The molecule has 2 heterocycles. The molecular formula is C18H34F2N4O2. The Balaban J connectivity index is 1.85. The van der Waals surface area contributed by atoms with E-state index in [-0.39, 0.29) is 24.5 Å². The zero-order chi connectivity index (χ0) is 19.3. The van der Waals surface area contributed by atoms with Crippen LogP contribution in [0.2, 0.25) is 0 Å². The molecule has 0 spiro atoms. The number of likely N-dealkylation sites (N-methyl/N-ethyl adjacent to an activating group) is 1. The number of amides is 1. The van der Waals surface area contributed by atoms with Crippen molar-refractivity contribution in [3.63, 3.8) is 0 Å². The number of methoxy groups -OCH3 is 1. The molecule has 2 atom stereocenters. The Morgan fingerprint density at radius 2 is 1.65 bits per heavy atom. The van der Waals surface area contributed by atoms with Crippen LogP contribution in [0, 0.1) is 0 Å². The molecule has 2 aliphatic rings. The summed E-state index contributed by atoms with van der Waals surface area (Å²) < 4.78 is 32.3. The summed E-state index contributed by atoms with van der Waals surface area (Å²) in [6.45, 7) is 11.2. The van der Waals surface area contributed by atoms with Crippen LogP contribution in [0.3, 0.4) is 0 Å². The van der Waals surface area contributed by atoms with Crippen molar-refractivity contribution in [1.29, 1.82) is 0 Å². The molecular weight excluding hydrogens is 342 g/mol. The first-order valence-electron chi connectivity index (χ1n) is 9.60. The summed E-state index contributed by atoms with van der Waals surface area (Å²) in [6.07, 6.45) is 0. The van der Waals surface area contributed by atoms with Crippen LogP contribution >= 0.6 is 0 Å². The standard InChI is InChI=1S/C18H34F2N4O2/c1-5-21-6-8-23(9-7-21)17(25)12-24-15(2)10-22(11-16(24)3)13-18(19,20)14-26-4/h15-16H,5-14H2,1-4H3. The molecule has 8 heteroatoms. The minimum Gasteiger partial charge on any atom is -0.378 e. The lowest BCUT2D eigenvalue weighted by atomic mass is 10.1. The fourth-order valence-electron chi connectivity index (χ4n) is 4.06. The highest BCUT2D eigenvalue weighted by molar-refractivity contribution is 5.78. The number of rotatable bonds is 7. The molecule has 6 nitrogen and oxygen atoms in total. The van der Waals surface area contributed by atoms with Gasteiger partial charge in [0.15, 0.2) is 0 Å². The highest BCUT2D eigenvalue weighted by Crippen LogP contribution is 2.21. The number of piperazine rings is 2. The molecule has 2 saturated heterocycles. The number of carbonyl (C=O) groups is 1. The van der Waals surface area contributed by atoms with Crippen molar-refractivity contribution >= 4 is 5.91 Å². The molecule has 2 fully saturated rings. The molecule has 0 radical (unpaired) electrons. The van der Waals surface area contributed by atoms with Crippen molar-refractivity contribution in [3.05, 3.63) is 0 Å². The Morgan fingerprint density at radius 1 is 1.08 bits per heavy atom. The van der Waals surface area contributed by atoms with Gasteiger partial charge in [0.05, 0.1) is 13.1 Å². The van der Waals surface area contributed by atoms with E-state index in [0.717, 1.165) is 32.7 Å². The van der Waals surface area contributed by atoms with E-state index in [4.69, 9.17) is 0 Å². The van der Waals surface area contributed by atoms with Crippen molar-refractivity contribution in [2.75, 3.05) is 72.6 Å². The fraction of sp³-hybridized carbons (Fsp3) is 0.944. The van der Waals surface area contributed by atoms with E-state index >= 15 is 0 Å². The van der Waals surface area contributed by atoms with E-state index in [1.165, 1.54) is 7.11 Å². The lowest BCUT2D eigenvalue weighted by Crippen LogP contribution is -2.61. The van der Waals surface area contributed by atoms with Crippen LogP contribution in [-0.4, -0.2) is 116 Å². The van der Waals surface area contributed by atoms with E-state index in [0.29, 0.717) is 19.6 Å². The molecule has 2 rings (SSSR count). The van der Waals surface area contributed by atoms with Crippen LogP contribution in [0.5, 0.6) is 0 Å². The molecule has 0 bridgehead atoms. The molecule has 1 amide bonds. The minimum absolute atomic E-state index is 0.0676.